The van der Waals surface area contributed by atoms with Gasteiger partial charge in [0.15, 0.2) is 0 Å². The van der Waals surface area contributed by atoms with Gasteiger partial charge in [0.05, 0.1) is 0 Å². The summed E-state index contributed by atoms with van der Waals surface area (Å²) in [4.78, 5) is 24.2. The molecule has 1 aliphatic rings. The van der Waals surface area contributed by atoms with Gasteiger partial charge in [-0.2, -0.15) is 0 Å². The maximum atomic E-state index is 11.8. The Balaban J connectivity index is 0.00000169. The number of ether oxygens (including phenoxy) is 1. The zero-order chi connectivity index (χ0) is 16.9. The van der Waals surface area contributed by atoms with Crippen molar-refractivity contribution in [1.82, 2.24) is 5.32 Å². The first kappa shape index (κ1) is 22.6. The predicted molar refractivity (Wildman–Crippen MR) is 94.4 cm³/mol. The zero-order valence-electron chi connectivity index (χ0n) is 14.7. The third kappa shape index (κ3) is 4.86. The van der Waals surface area contributed by atoms with Crippen molar-refractivity contribution in [3.8, 4) is 11.1 Å². The smallest absolute Gasteiger partial charge is 0.358 e. The Morgan fingerprint density at radius 3 is 2.65 bits per heavy atom. The van der Waals surface area contributed by atoms with E-state index >= 15 is 0 Å². The number of nitrogens with one attached hydrogen (secondary N) is 1. The van der Waals surface area contributed by atoms with E-state index in [1.165, 1.54) is 25.8 Å². The fourth-order valence-electron chi connectivity index (χ4n) is 3.00. The molecule has 142 valence electrons. The minimum Gasteiger partial charge on any atom is -0.358 e. The molecule has 1 aliphatic carbocycles. The van der Waals surface area contributed by atoms with Crippen molar-refractivity contribution in [1.29, 1.82) is 0 Å². The van der Waals surface area contributed by atoms with Gasteiger partial charge in [-0.05, 0) is 0 Å². The van der Waals surface area contributed by atoms with E-state index in [4.69, 9.17) is 4.74 Å². The molecule has 0 aliphatic heterocycles. The second-order valence-corrected chi connectivity index (χ2v) is 7.80. The summed E-state index contributed by atoms with van der Waals surface area (Å²) in [7, 11) is 0. The molecule has 0 radical (unpaired) electrons. The maximum Gasteiger partial charge on any atom is 2.00 e. The SMILES string of the molecule is C[I-]c1ccc2c(c1)C(COC(=O)NCC[C-]=O)c1ccccc1-2.[CH3-].[Ni+2]. The van der Waals surface area contributed by atoms with Crippen LogP contribution in [0.25, 0.3) is 11.1 Å². The monoisotopic (exact) mass is 508 g/mol. The molecule has 1 amide bonds. The van der Waals surface area contributed by atoms with Crippen LogP contribution in [-0.4, -0.2) is 30.5 Å². The fraction of sp³-hybridized carbons (Fsp3) is 0.250. The van der Waals surface area contributed by atoms with Crippen LogP contribution < -0.4 is 26.5 Å². The van der Waals surface area contributed by atoms with E-state index in [-0.39, 0.29) is 64.0 Å². The maximum absolute atomic E-state index is 11.8. The Morgan fingerprint density at radius 1 is 1.19 bits per heavy atom. The van der Waals surface area contributed by atoms with Gasteiger partial charge >= 0.3 is 168 Å². The molecule has 0 saturated heterocycles. The third-order valence-electron chi connectivity index (χ3n) is 4.11. The molecule has 6 heteroatoms. The van der Waals surface area contributed by atoms with Gasteiger partial charge < -0.3 is 7.43 Å². The number of alkyl halides is 1. The van der Waals surface area contributed by atoms with E-state index in [9.17, 15) is 9.59 Å². The Labute approximate surface area is 175 Å². The summed E-state index contributed by atoms with van der Waals surface area (Å²) >= 11 is 0.0153. The van der Waals surface area contributed by atoms with Crippen molar-refractivity contribution in [3.63, 3.8) is 0 Å². The predicted octanol–water partition coefficient (Wildman–Crippen LogP) is 0.361. The molecular formula is C20H21INNiO3-. The molecule has 1 unspecified atom stereocenters. The second-order valence-electron chi connectivity index (χ2n) is 5.48. The van der Waals surface area contributed by atoms with Crippen LogP contribution in [0.15, 0.2) is 42.5 Å². The summed E-state index contributed by atoms with van der Waals surface area (Å²) in [6.45, 7) is 0.552. The van der Waals surface area contributed by atoms with Gasteiger partial charge in [0.1, 0.15) is 0 Å². The van der Waals surface area contributed by atoms with Crippen LogP contribution in [-0.2, 0) is 26.0 Å². The summed E-state index contributed by atoms with van der Waals surface area (Å²) < 4.78 is 6.77. The van der Waals surface area contributed by atoms with Crippen LogP contribution in [0.5, 0.6) is 0 Å². The molecule has 1 N–H and O–H groups in total. The summed E-state index contributed by atoms with van der Waals surface area (Å²) in [5, 5.41) is 2.56. The molecule has 0 heterocycles. The van der Waals surface area contributed by atoms with Gasteiger partial charge in [-0.25, -0.2) is 0 Å². The average molecular weight is 509 g/mol. The van der Waals surface area contributed by atoms with Crippen molar-refractivity contribution in [2.45, 2.75) is 12.3 Å². The van der Waals surface area contributed by atoms with Crippen LogP contribution in [0, 0.1) is 11.0 Å². The van der Waals surface area contributed by atoms with E-state index in [1.54, 1.807) is 6.29 Å². The number of carbonyl (C=O) groups excluding carboxylic acids is 2. The summed E-state index contributed by atoms with van der Waals surface area (Å²) in [6, 6.07) is 14.9. The van der Waals surface area contributed by atoms with E-state index in [1.807, 2.05) is 12.1 Å². The van der Waals surface area contributed by atoms with Crippen LogP contribution >= 0.6 is 0 Å². The first-order valence-electron chi connectivity index (χ1n) is 7.73. The first-order valence-corrected chi connectivity index (χ1v) is 11.0. The van der Waals surface area contributed by atoms with Crippen LogP contribution in [0.1, 0.15) is 23.5 Å². The number of rotatable bonds is 6. The number of halogens is 1. The van der Waals surface area contributed by atoms with Crippen molar-refractivity contribution in [3.05, 3.63) is 64.6 Å². The molecule has 26 heavy (non-hydrogen) atoms. The molecule has 1 atom stereocenters. The van der Waals surface area contributed by atoms with Crippen molar-refractivity contribution in [2.75, 3.05) is 18.1 Å². The standard InChI is InChI=1S/C19H18INO3.CH3.Ni/c1-20-13-7-8-16-14-5-2-3-6-15(14)18(17(16)11-13)12-24-19(23)21-9-4-10-22;;/h2-3,5-8,11,18H,4,9,12H2,1H3,(H,21,23);1H3;/q-2;-1;+2. The number of hydrogen-bond donors (Lipinski definition) is 1. The largest absolute Gasteiger partial charge is 2.00 e. The van der Waals surface area contributed by atoms with Crippen LogP contribution in [0.4, 0.5) is 4.79 Å². The topological polar surface area (TPSA) is 55.4 Å². The average Bonchev–Trinajstić information content (AvgIpc) is 2.93. The second kappa shape index (κ2) is 10.7. The molecule has 0 aromatic heterocycles. The Morgan fingerprint density at radius 2 is 1.92 bits per heavy atom. The van der Waals surface area contributed by atoms with Crippen LogP contribution in [0.3, 0.4) is 0 Å². The van der Waals surface area contributed by atoms with Gasteiger partial charge in [-0.1, -0.05) is 0 Å². The Bertz CT molecular complexity index is 766. The fourth-order valence-corrected chi connectivity index (χ4v) is 4.19. The number of hydrogen-bond acceptors (Lipinski definition) is 3. The van der Waals surface area contributed by atoms with E-state index < -0.39 is 6.09 Å². The number of benzene rings is 2. The molecule has 0 saturated carbocycles. The summed E-state index contributed by atoms with van der Waals surface area (Å²) in [5.74, 6) is 0.0649. The number of amides is 1. The number of fused-ring (bicyclic) bond motifs is 3. The zero-order valence-corrected chi connectivity index (χ0v) is 17.8. The number of alkyl carbamates (subject to hydrolysis) is 1. The first-order chi connectivity index (χ1) is 11.7. The molecule has 2 aromatic carbocycles. The number of carbonyl (C=O) groups is 1. The van der Waals surface area contributed by atoms with Gasteiger partial charge in [0, 0.05) is 0 Å². The minimum absolute atomic E-state index is 0. The van der Waals surface area contributed by atoms with E-state index in [0.29, 0.717) is 6.61 Å². The molecule has 0 spiro atoms. The minimum atomic E-state index is -0.491. The summed E-state index contributed by atoms with van der Waals surface area (Å²) in [5.41, 5.74) is 4.89. The quantitative estimate of drug-likeness (QED) is 0.202. The van der Waals surface area contributed by atoms with Gasteiger partial charge in [0.25, 0.3) is 0 Å². The molecule has 2 aromatic rings. The normalized spacial score (nSPS) is 13.7. The van der Waals surface area contributed by atoms with Crippen LogP contribution in [0.2, 0.25) is 0 Å². The van der Waals surface area contributed by atoms with Gasteiger partial charge in [0.2, 0.25) is 0 Å². The molecule has 4 nitrogen and oxygen atoms in total. The summed E-state index contributed by atoms with van der Waals surface area (Å²) in [6.07, 6.45) is 1.43. The van der Waals surface area contributed by atoms with Crippen molar-refractivity contribution in [2.24, 2.45) is 0 Å². The Hall–Kier alpha value is -1.40. The molecule has 0 fully saturated rings. The molecular weight excluding hydrogens is 488 g/mol. The van der Waals surface area contributed by atoms with Crippen molar-refractivity contribution < 1.29 is 52.0 Å². The van der Waals surface area contributed by atoms with Gasteiger partial charge in [-0.3, -0.25) is 0 Å². The van der Waals surface area contributed by atoms with Gasteiger partial charge in [-0.15, -0.1) is 0 Å². The molecule has 0 bridgehead atoms. The van der Waals surface area contributed by atoms with E-state index in [2.05, 4.69) is 40.6 Å². The third-order valence-corrected chi connectivity index (χ3v) is 6.03. The Kier molecular flexibility index (Phi) is 9.30. The molecule has 3 rings (SSSR count). The van der Waals surface area contributed by atoms with E-state index in [0.717, 1.165) is 0 Å². The van der Waals surface area contributed by atoms with Crippen molar-refractivity contribution >= 4 is 12.4 Å².